The van der Waals surface area contributed by atoms with E-state index in [0.29, 0.717) is 17.6 Å². The molecule has 0 radical (unpaired) electrons. The summed E-state index contributed by atoms with van der Waals surface area (Å²) in [4.78, 5) is 11.1. The number of sulfonamides is 1. The van der Waals surface area contributed by atoms with Crippen LogP contribution in [-0.4, -0.2) is 36.9 Å². The lowest BCUT2D eigenvalue weighted by Gasteiger charge is -2.20. The number of carboxylic acids is 1. The van der Waals surface area contributed by atoms with E-state index in [1.165, 1.54) is 22.5 Å². The van der Waals surface area contributed by atoms with Crippen LogP contribution in [0, 0.1) is 0 Å². The van der Waals surface area contributed by atoms with Crippen molar-refractivity contribution in [3.63, 3.8) is 0 Å². The molecule has 1 aliphatic rings. The summed E-state index contributed by atoms with van der Waals surface area (Å²) in [6, 6.07) is 4.12. The van der Waals surface area contributed by atoms with Gasteiger partial charge in [0.25, 0.3) is 0 Å². The van der Waals surface area contributed by atoms with Crippen LogP contribution in [0.5, 0.6) is 0 Å². The van der Waals surface area contributed by atoms with Gasteiger partial charge in [-0.2, -0.15) is 4.31 Å². The predicted molar refractivity (Wildman–Crippen MR) is 78.3 cm³/mol. The van der Waals surface area contributed by atoms with Crippen LogP contribution in [0.15, 0.2) is 27.6 Å². The van der Waals surface area contributed by atoms with Crippen molar-refractivity contribution < 1.29 is 18.3 Å². The fourth-order valence-corrected chi connectivity index (χ4v) is 4.22. The van der Waals surface area contributed by atoms with Gasteiger partial charge in [-0.05, 0) is 47.0 Å². The van der Waals surface area contributed by atoms with Gasteiger partial charge in [-0.15, -0.1) is 0 Å². The van der Waals surface area contributed by atoms with E-state index in [2.05, 4.69) is 15.9 Å². The number of rotatable bonds is 3. The second-order valence-corrected chi connectivity index (χ2v) is 7.56. The van der Waals surface area contributed by atoms with E-state index in [4.69, 9.17) is 5.11 Å². The SMILES string of the molecule is O=C(O)c1cc(S(=O)(=O)N2CCCCCC2)ccc1Br. The fraction of sp³-hybridized carbons (Fsp3) is 0.462. The summed E-state index contributed by atoms with van der Waals surface area (Å²) in [5.74, 6) is -1.15. The molecule has 0 spiro atoms. The number of carboxylic acid groups (broad SMARTS) is 1. The van der Waals surface area contributed by atoms with E-state index in [1.54, 1.807) is 0 Å². The maximum Gasteiger partial charge on any atom is 0.336 e. The third-order valence-corrected chi connectivity index (χ3v) is 5.96. The van der Waals surface area contributed by atoms with Crippen molar-refractivity contribution in [3.05, 3.63) is 28.2 Å². The van der Waals surface area contributed by atoms with Crippen molar-refractivity contribution in [2.24, 2.45) is 0 Å². The number of hydrogen-bond acceptors (Lipinski definition) is 3. The second kappa shape index (κ2) is 6.24. The van der Waals surface area contributed by atoms with Crippen molar-refractivity contribution in [1.29, 1.82) is 0 Å². The minimum atomic E-state index is -3.61. The highest BCUT2D eigenvalue weighted by atomic mass is 79.9. The maximum absolute atomic E-state index is 12.5. The van der Waals surface area contributed by atoms with Gasteiger partial charge in [0.2, 0.25) is 10.0 Å². The van der Waals surface area contributed by atoms with Crippen LogP contribution >= 0.6 is 15.9 Å². The number of carbonyl (C=O) groups is 1. The standard InChI is InChI=1S/C13H16BrNO4S/c14-12-6-5-10(9-11(12)13(16)17)20(18,19)15-7-3-1-2-4-8-15/h5-6,9H,1-4,7-8H2,(H,16,17). The third-order valence-electron chi connectivity index (χ3n) is 3.37. The van der Waals surface area contributed by atoms with Gasteiger partial charge in [0.15, 0.2) is 0 Å². The highest BCUT2D eigenvalue weighted by molar-refractivity contribution is 9.10. The van der Waals surface area contributed by atoms with Crippen molar-refractivity contribution in [3.8, 4) is 0 Å². The number of hydrogen-bond donors (Lipinski definition) is 1. The maximum atomic E-state index is 12.5. The van der Waals surface area contributed by atoms with Gasteiger partial charge in [-0.1, -0.05) is 12.8 Å². The summed E-state index contributed by atoms with van der Waals surface area (Å²) in [5.41, 5.74) is -0.0408. The van der Waals surface area contributed by atoms with Gasteiger partial charge in [-0.3, -0.25) is 0 Å². The van der Waals surface area contributed by atoms with E-state index in [1.807, 2.05) is 0 Å². The molecule has 1 saturated heterocycles. The molecule has 2 rings (SSSR count). The summed E-state index contributed by atoms with van der Waals surface area (Å²) in [6.07, 6.45) is 3.77. The molecule has 0 saturated carbocycles. The Hall–Kier alpha value is -0.920. The van der Waals surface area contributed by atoms with Gasteiger partial charge < -0.3 is 5.11 Å². The van der Waals surface area contributed by atoms with E-state index in [9.17, 15) is 13.2 Å². The molecule has 20 heavy (non-hydrogen) atoms. The smallest absolute Gasteiger partial charge is 0.336 e. The molecule has 0 aliphatic carbocycles. The van der Waals surface area contributed by atoms with Crippen molar-refractivity contribution in [2.45, 2.75) is 30.6 Å². The second-order valence-electron chi connectivity index (χ2n) is 4.77. The molecule has 1 aromatic carbocycles. The lowest BCUT2D eigenvalue weighted by atomic mass is 10.2. The summed E-state index contributed by atoms with van der Waals surface area (Å²) in [6.45, 7) is 1.00. The summed E-state index contributed by atoms with van der Waals surface area (Å²) < 4.78 is 26.9. The summed E-state index contributed by atoms with van der Waals surface area (Å²) >= 11 is 3.12. The van der Waals surface area contributed by atoms with Crippen LogP contribution in [0.4, 0.5) is 0 Å². The molecule has 0 unspecified atom stereocenters. The number of aromatic carboxylic acids is 1. The first-order chi connectivity index (χ1) is 9.43. The number of benzene rings is 1. The fourth-order valence-electron chi connectivity index (χ4n) is 2.26. The molecular weight excluding hydrogens is 346 g/mol. The Morgan fingerprint density at radius 1 is 1.15 bits per heavy atom. The highest BCUT2D eigenvalue weighted by Gasteiger charge is 2.26. The first-order valence-corrected chi connectivity index (χ1v) is 8.69. The van der Waals surface area contributed by atoms with Crippen LogP contribution in [0.1, 0.15) is 36.0 Å². The van der Waals surface area contributed by atoms with Crippen LogP contribution < -0.4 is 0 Å². The molecule has 0 bridgehead atoms. The molecule has 1 heterocycles. The van der Waals surface area contributed by atoms with Crippen molar-refractivity contribution >= 4 is 31.9 Å². The molecule has 1 N–H and O–H groups in total. The number of nitrogens with zero attached hydrogens (tertiary/aromatic N) is 1. The predicted octanol–water partition coefficient (Wildman–Crippen LogP) is 2.71. The van der Waals surface area contributed by atoms with Gasteiger partial charge in [0.1, 0.15) is 0 Å². The molecule has 1 aromatic rings. The van der Waals surface area contributed by atoms with Gasteiger partial charge in [0.05, 0.1) is 10.5 Å². The normalized spacial score (nSPS) is 17.6. The first-order valence-electron chi connectivity index (χ1n) is 6.46. The Morgan fingerprint density at radius 3 is 2.30 bits per heavy atom. The van der Waals surface area contributed by atoms with Crippen molar-refractivity contribution in [2.75, 3.05) is 13.1 Å². The Balaban J connectivity index is 2.38. The van der Waals surface area contributed by atoms with E-state index in [-0.39, 0.29) is 10.5 Å². The molecule has 7 heteroatoms. The number of halogens is 1. The highest BCUT2D eigenvalue weighted by Crippen LogP contribution is 2.25. The first kappa shape index (κ1) is 15.5. The monoisotopic (exact) mass is 361 g/mol. The van der Waals surface area contributed by atoms with Crippen LogP contribution in [0.3, 0.4) is 0 Å². The molecule has 1 aliphatic heterocycles. The Bertz CT molecular complexity index is 607. The van der Waals surface area contributed by atoms with E-state index < -0.39 is 16.0 Å². The van der Waals surface area contributed by atoms with Crippen molar-refractivity contribution in [1.82, 2.24) is 4.31 Å². The average Bonchev–Trinajstić information content (AvgIpc) is 2.67. The van der Waals surface area contributed by atoms with Gasteiger partial charge >= 0.3 is 5.97 Å². The Morgan fingerprint density at radius 2 is 1.75 bits per heavy atom. The average molecular weight is 362 g/mol. The van der Waals surface area contributed by atoms with E-state index >= 15 is 0 Å². The molecule has 1 fully saturated rings. The molecule has 0 aromatic heterocycles. The lowest BCUT2D eigenvalue weighted by Crippen LogP contribution is -2.32. The summed E-state index contributed by atoms with van der Waals surface area (Å²) in [7, 11) is -3.61. The Kier molecular flexibility index (Phi) is 4.82. The van der Waals surface area contributed by atoms with Gasteiger partial charge in [-0.25, -0.2) is 13.2 Å². The zero-order valence-electron chi connectivity index (χ0n) is 10.9. The van der Waals surface area contributed by atoms with E-state index in [0.717, 1.165) is 25.7 Å². The topological polar surface area (TPSA) is 74.7 Å². The molecule has 0 amide bonds. The minimum absolute atomic E-state index is 0.0408. The zero-order valence-corrected chi connectivity index (χ0v) is 13.3. The van der Waals surface area contributed by atoms with Crippen LogP contribution in [0.2, 0.25) is 0 Å². The lowest BCUT2D eigenvalue weighted by molar-refractivity contribution is 0.0695. The van der Waals surface area contributed by atoms with Crippen LogP contribution in [-0.2, 0) is 10.0 Å². The molecule has 0 atom stereocenters. The summed E-state index contributed by atoms with van der Waals surface area (Å²) in [5, 5.41) is 9.07. The molecular formula is C13H16BrNO4S. The quantitative estimate of drug-likeness (QED) is 0.897. The minimum Gasteiger partial charge on any atom is -0.478 e. The Labute approximate surface area is 126 Å². The zero-order chi connectivity index (χ0) is 14.8. The van der Waals surface area contributed by atoms with Crippen LogP contribution in [0.25, 0.3) is 0 Å². The third kappa shape index (κ3) is 3.21. The molecule has 110 valence electrons. The van der Waals surface area contributed by atoms with Gasteiger partial charge in [0, 0.05) is 17.6 Å². The molecule has 5 nitrogen and oxygen atoms in total. The largest absolute Gasteiger partial charge is 0.478 e.